The van der Waals surface area contributed by atoms with Crippen molar-refractivity contribution in [3.63, 3.8) is 0 Å². The molecule has 1 fully saturated rings. The second-order valence-corrected chi connectivity index (χ2v) is 6.46. The number of benzene rings is 1. The predicted octanol–water partition coefficient (Wildman–Crippen LogP) is 2.95. The average Bonchev–Trinajstić information content (AvgIpc) is 2.43. The molecule has 21 heavy (non-hydrogen) atoms. The van der Waals surface area contributed by atoms with Gasteiger partial charge in [0.25, 0.3) is 0 Å². The van der Waals surface area contributed by atoms with Crippen molar-refractivity contribution in [1.29, 1.82) is 0 Å². The number of nitrogens with one attached hydrogen (secondary N) is 1. The fourth-order valence-corrected chi connectivity index (χ4v) is 3.02. The van der Waals surface area contributed by atoms with Crippen LogP contribution in [0, 0.1) is 11.2 Å². The fraction of sp³-hybridized carbons (Fsp3) is 0.588. The van der Waals surface area contributed by atoms with E-state index in [1.165, 1.54) is 12.1 Å². The SMILES string of the molecule is CCN(Cc1cccc(F)c1)C(=O)C1NCCCC1(C)C. The normalized spacial score (nSPS) is 21.0. The zero-order chi connectivity index (χ0) is 15.5. The molecule has 1 aromatic carbocycles. The molecule has 2 rings (SSSR count). The number of likely N-dealkylation sites (N-methyl/N-ethyl adjacent to an activating group) is 1. The first-order valence-corrected chi connectivity index (χ1v) is 7.70. The van der Waals surface area contributed by atoms with Gasteiger partial charge in [-0.3, -0.25) is 4.79 Å². The Kier molecular flexibility index (Phi) is 4.99. The Labute approximate surface area is 126 Å². The van der Waals surface area contributed by atoms with Gasteiger partial charge in [0, 0.05) is 13.1 Å². The van der Waals surface area contributed by atoms with Crippen molar-refractivity contribution in [2.24, 2.45) is 5.41 Å². The molecule has 0 spiro atoms. The third kappa shape index (κ3) is 3.82. The van der Waals surface area contributed by atoms with Crippen molar-refractivity contribution in [3.05, 3.63) is 35.6 Å². The van der Waals surface area contributed by atoms with Crippen LogP contribution >= 0.6 is 0 Å². The van der Waals surface area contributed by atoms with Crippen LogP contribution in [0.4, 0.5) is 4.39 Å². The summed E-state index contributed by atoms with van der Waals surface area (Å²) in [6.07, 6.45) is 2.15. The molecule has 0 saturated carbocycles. The Hall–Kier alpha value is -1.42. The number of amides is 1. The van der Waals surface area contributed by atoms with Crippen LogP contribution in [0.5, 0.6) is 0 Å². The van der Waals surface area contributed by atoms with Gasteiger partial charge in [-0.1, -0.05) is 26.0 Å². The van der Waals surface area contributed by atoms with E-state index in [4.69, 9.17) is 0 Å². The summed E-state index contributed by atoms with van der Waals surface area (Å²) >= 11 is 0. The molecule has 0 aromatic heterocycles. The highest BCUT2D eigenvalue weighted by atomic mass is 19.1. The summed E-state index contributed by atoms with van der Waals surface area (Å²) in [4.78, 5) is 14.6. The lowest BCUT2D eigenvalue weighted by molar-refractivity contribution is -0.137. The van der Waals surface area contributed by atoms with Gasteiger partial charge in [0.2, 0.25) is 5.91 Å². The van der Waals surface area contributed by atoms with Crippen LogP contribution in [0.2, 0.25) is 0 Å². The number of halogens is 1. The van der Waals surface area contributed by atoms with E-state index in [-0.39, 0.29) is 23.2 Å². The summed E-state index contributed by atoms with van der Waals surface area (Å²) in [6, 6.07) is 6.31. The van der Waals surface area contributed by atoms with E-state index in [0.29, 0.717) is 13.1 Å². The molecule has 1 unspecified atom stereocenters. The smallest absolute Gasteiger partial charge is 0.240 e. The maximum Gasteiger partial charge on any atom is 0.240 e. The van der Waals surface area contributed by atoms with Crippen molar-refractivity contribution in [1.82, 2.24) is 10.2 Å². The summed E-state index contributed by atoms with van der Waals surface area (Å²) in [5.41, 5.74) is 0.795. The predicted molar refractivity (Wildman–Crippen MR) is 82.3 cm³/mol. The maximum atomic E-state index is 13.3. The van der Waals surface area contributed by atoms with Gasteiger partial charge in [-0.25, -0.2) is 4.39 Å². The Morgan fingerprint density at radius 1 is 1.48 bits per heavy atom. The Morgan fingerprint density at radius 3 is 2.86 bits per heavy atom. The molecule has 116 valence electrons. The van der Waals surface area contributed by atoms with Crippen LogP contribution in [0.3, 0.4) is 0 Å². The highest BCUT2D eigenvalue weighted by Crippen LogP contribution is 2.31. The highest BCUT2D eigenvalue weighted by molar-refractivity contribution is 5.83. The molecule has 3 nitrogen and oxygen atoms in total. The van der Waals surface area contributed by atoms with Crippen LogP contribution in [0.25, 0.3) is 0 Å². The van der Waals surface area contributed by atoms with E-state index in [0.717, 1.165) is 24.9 Å². The third-order valence-electron chi connectivity index (χ3n) is 4.33. The van der Waals surface area contributed by atoms with Gasteiger partial charge in [-0.2, -0.15) is 0 Å². The number of hydrogen-bond donors (Lipinski definition) is 1. The highest BCUT2D eigenvalue weighted by Gasteiger charge is 2.38. The number of carbonyl (C=O) groups excluding carboxylic acids is 1. The van der Waals surface area contributed by atoms with Crippen molar-refractivity contribution >= 4 is 5.91 Å². The van der Waals surface area contributed by atoms with Crippen LogP contribution < -0.4 is 5.32 Å². The summed E-state index contributed by atoms with van der Waals surface area (Å²) < 4.78 is 13.3. The van der Waals surface area contributed by atoms with E-state index >= 15 is 0 Å². The zero-order valence-electron chi connectivity index (χ0n) is 13.2. The summed E-state index contributed by atoms with van der Waals surface area (Å²) in [5.74, 6) is -0.140. The number of hydrogen-bond acceptors (Lipinski definition) is 2. The minimum atomic E-state index is -0.257. The van der Waals surface area contributed by atoms with Crippen LogP contribution in [0.1, 0.15) is 39.2 Å². The largest absolute Gasteiger partial charge is 0.337 e. The van der Waals surface area contributed by atoms with E-state index in [1.807, 2.05) is 13.0 Å². The van der Waals surface area contributed by atoms with Crippen molar-refractivity contribution in [3.8, 4) is 0 Å². The van der Waals surface area contributed by atoms with Crippen LogP contribution in [-0.2, 0) is 11.3 Å². The minimum Gasteiger partial charge on any atom is -0.337 e. The van der Waals surface area contributed by atoms with E-state index in [9.17, 15) is 9.18 Å². The number of piperidine rings is 1. The van der Waals surface area contributed by atoms with Crippen LogP contribution in [0.15, 0.2) is 24.3 Å². The first-order chi connectivity index (χ1) is 9.94. The van der Waals surface area contributed by atoms with Crippen molar-refractivity contribution < 1.29 is 9.18 Å². The summed E-state index contributed by atoms with van der Waals surface area (Å²) in [5, 5.41) is 3.36. The lowest BCUT2D eigenvalue weighted by atomic mass is 9.77. The molecular weight excluding hydrogens is 267 g/mol. The quantitative estimate of drug-likeness (QED) is 0.925. The second kappa shape index (κ2) is 6.56. The lowest BCUT2D eigenvalue weighted by Gasteiger charge is -2.40. The van der Waals surface area contributed by atoms with Gasteiger partial charge in [-0.05, 0) is 49.4 Å². The molecule has 1 aliphatic heterocycles. The number of rotatable bonds is 4. The Morgan fingerprint density at radius 2 is 2.24 bits per heavy atom. The lowest BCUT2D eigenvalue weighted by Crippen LogP contribution is -2.56. The molecule has 1 aromatic rings. The molecule has 1 saturated heterocycles. The zero-order valence-corrected chi connectivity index (χ0v) is 13.2. The fourth-order valence-electron chi connectivity index (χ4n) is 3.02. The molecule has 0 aliphatic carbocycles. The first kappa shape index (κ1) is 16.0. The molecule has 4 heteroatoms. The number of nitrogens with zero attached hydrogens (tertiary/aromatic N) is 1. The average molecular weight is 292 g/mol. The molecule has 1 atom stereocenters. The van der Waals surface area contributed by atoms with Crippen LogP contribution in [-0.4, -0.2) is 29.9 Å². The monoisotopic (exact) mass is 292 g/mol. The van der Waals surface area contributed by atoms with Gasteiger partial charge in [0.1, 0.15) is 5.82 Å². The molecule has 1 heterocycles. The standard InChI is InChI=1S/C17H25FN2O/c1-4-20(12-13-7-5-8-14(18)11-13)16(21)15-17(2,3)9-6-10-19-15/h5,7-8,11,15,19H,4,6,9-10,12H2,1-3H3. The minimum absolute atomic E-state index is 0.0370. The second-order valence-electron chi connectivity index (χ2n) is 6.46. The Bertz CT molecular complexity index is 501. The molecule has 1 amide bonds. The van der Waals surface area contributed by atoms with Gasteiger partial charge in [0.15, 0.2) is 0 Å². The molecule has 0 radical (unpaired) electrons. The van der Waals surface area contributed by atoms with E-state index < -0.39 is 0 Å². The van der Waals surface area contributed by atoms with Crippen molar-refractivity contribution in [2.45, 2.75) is 46.2 Å². The topological polar surface area (TPSA) is 32.3 Å². The first-order valence-electron chi connectivity index (χ1n) is 7.70. The molecule has 1 aliphatic rings. The molecular formula is C17H25FN2O. The van der Waals surface area contributed by atoms with Gasteiger partial charge in [-0.15, -0.1) is 0 Å². The van der Waals surface area contributed by atoms with E-state index in [1.54, 1.807) is 11.0 Å². The third-order valence-corrected chi connectivity index (χ3v) is 4.33. The Balaban J connectivity index is 2.11. The van der Waals surface area contributed by atoms with Gasteiger partial charge >= 0.3 is 0 Å². The molecule has 1 N–H and O–H groups in total. The summed E-state index contributed by atoms with van der Waals surface area (Å²) in [6.45, 7) is 8.21. The van der Waals surface area contributed by atoms with Gasteiger partial charge < -0.3 is 10.2 Å². The van der Waals surface area contributed by atoms with E-state index in [2.05, 4.69) is 19.2 Å². The van der Waals surface area contributed by atoms with Gasteiger partial charge in [0.05, 0.1) is 6.04 Å². The maximum absolute atomic E-state index is 13.3. The number of carbonyl (C=O) groups is 1. The molecule has 0 bridgehead atoms. The van der Waals surface area contributed by atoms with Crippen molar-refractivity contribution in [2.75, 3.05) is 13.1 Å². The summed E-state index contributed by atoms with van der Waals surface area (Å²) in [7, 11) is 0.